The van der Waals surface area contributed by atoms with Crippen molar-refractivity contribution in [2.75, 3.05) is 13.1 Å². The van der Waals surface area contributed by atoms with Crippen LogP contribution < -0.4 is 0 Å². The highest BCUT2D eigenvalue weighted by atomic mass is 16.2. The molecule has 0 spiro atoms. The number of benzene rings is 1. The fourth-order valence-electron chi connectivity index (χ4n) is 2.61. The van der Waals surface area contributed by atoms with Crippen molar-refractivity contribution >= 4 is 11.8 Å². The summed E-state index contributed by atoms with van der Waals surface area (Å²) in [4.78, 5) is 28.1. The van der Waals surface area contributed by atoms with E-state index in [4.69, 9.17) is 0 Å². The van der Waals surface area contributed by atoms with Crippen molar-refractivity contribution in [2.45, 2.75) is 25.9 Å². The number of carbonyl (C=O) groups is 2. The quantitative estimate of drug-likeness (QED) is 0.738. The molecule has 0 aliphatic carbocycles. The van der Waals surface area contributed by atoms with Crippen molar-refractivity contribution in [3.63, 3.8) is 0 Å². The zero-order valence-electron chi connectivity index (χ0n) is 10.6. The fourth-order valence-corrected chi connectivity index (χ4v) is 2.61. The molecule has 1 saturated heterocycles. The maximum absolute atomic E-state index is 12.2. The van der Waals surface area contributed by atoms with Crippen LogP contribution in [0.4, 0.5) is 0 Å². The number of hydrogen-bond acceptors (Lipinski definition) is 3. The molecule has 2 heterocycles. The van der Waals surface area contributed by atoms with E-state index in [-0.39, 0.29) is 17.9 Å². The smallest absolute Gasteiger partial charge is 0.261 e. The zero-order chi connectivity index (χ0) is 12.9. The third-order valence-electron chi connectivity index (χ3n) is 3.81. The maximum Gasteiger partial charge on any atom is 0.261 e. The second kappa shape index (κ2) is 3.92. The minimum atomic E-state index is -0.135. The predicted molar refractivity (Wildman–Crippen MR) is 67.4 cm³/mol. The molecule has 1 aromatic rings. The number of amides is 2. The SMILES string of the molecule is CC(C)N1CC(N2C(=O)c3ccccc3C2=O)C1. The van der Waals surface area contributed by atoms with Gasteiger partial charge in [0.15, 0.2) is 0 Å². The van der Waals surface area contributed by atoms with Crippen molar-refractivity contribution in [1.29, 1.82) is 0 Å². The van der Waals surface area contributed by atoms with E-state index in [1.807, 2.05) is 0 Å². The molecule has 1 aromatic carbocycles. The van der Waals surface area contributed by atoms with E-state index < -0.39 is 0 Å². The Morgan fingerprint density at radius 3 is 2.00 bits per heavy atom. The molecule has 18 heavy (non-hydrogen) atoms. The van der Waals surface area contributed by atoms with Gasteiger partial charge >= 0.3 is 0 Å². The number of hydrogen-bond donors (Lipinski definition) is 0. The van der Waals surface area contributed by atoms with E-state index >= 15 is 0 Å². The van der Waals surface area contributed by atoms with Crippen LogP contribution in [0.2, 0.25) is 0 Å². The lowest BCUT2D eigenvalue weighted by molar-refractivity contribution is 0.0176. The third-order valence-corrected chi connectivity index (χ3v) is 3.81. The molecule has 94 valence electrons. The zero-order valence-corrected chi connectivity index (χ0v) is 10.6. The molecule has 4 heteroatoms. The second-order valence-corrected chi connectivity index (χ2v) is 5.23. The summed E-state index contributed by atoms with van der Waals surface area (Å²) in [5, 5.41) is 0. The Balaban J connectivity index is 1.82. The average Bonchev–Trinajstić information content (AvgIpc) is 2.53. The second-order valence-electron chi connectivity index (χ2n) is 5.23. The van der Waals surface area contributed by atoms with Gasteiger partial charge in [-0.3, -0.25) is 19.4 Å². The molecule has 2 aliphatic heterocycles. The molecule has 1 fully saturated rings. The van der Waals surface area contributed by atoms with Gasteiger partial charge in [0, 0.05) is 19.1 Å². The van der Waals surface area contributed by atoms with Crippen LogP contribution in [0, 0.1) is 0 Å². The van der Waals surface area contributed by atoms with Crippen LogP contribution in [-0.4, -0.2) is 46.8 Å². The number of fused-ring (bicyclic) bond motifs is 1. The Morgan fingerprint density at radius 2 is 1.56 bits per heavy atom. The molecule has 0 unspecified atom stereocenters. The standard InChI is InChI=1S/C14H16N2O2/c1-9(2)15-7-10(8-15)16-13(17)11-5-3-4-6-12(11)14(16)18/h3-6,9-10H,7-8H2,1-2H3. The van der Waals surface area contributed by atoms with Gasteiger partial charge in [0.05, 0.1) is 17.2 Å². The van der Waals surface area contributed by atoms with Crippen LogP contribution in [0.15, 0.2) is 24.3 Å². The number of imide groups is 1. The van der Waals surface area contributed by atoms with Crippen molar-refractivity contribution in [1.82, 2.24) is 9.80 Å². The predicted octanol–water partition coefficient (Wildman–Crippen LogP) is 1.38. The first-order chi connectivity index (χ1) is 8.59. The molecular weight excluding hydrogens is 228 g/mol. The first kappa shape index (κ1) is 11.4. The van der Waals surface area contributed by atoms with Gasteiger partial charge in [0.25, 0.3) is 11.8 Å². The van der Waals surface area contributed by atoms with Crippen molar-refractivity contribution in [3.05, 3.63) is 35.4 Å². The Morgan fingerprint density at radius 1 is 1.06 bits per heavy atom. The number of rotatable bonds is 2. The highest BCUT2D eigenvalue weighted by Gasteiger charge is 2.44. The van der Waals surface area contributed by atoms with E-state index in [1.165, 1.54) is 4.90 Å². The van der Waals surface area contributed by atoms with Crippen molar-refractivity contribution in [2.24, 2.45) is 0 Å². The first-order valence-corrected chi connectivity index (χ1v) is 6.30. The van der Waals surface area contributed by atoms with Gasteiger partial charge in [-0.1, -0.05) is 12.1 Å². The summed E-state index contributed by atoms with van der Waals surface area (Å²) in [6, 6.07) is 7.57. The van der Waals surface area contributed by atoms with E-state index in [9.17, 15) is 9.59 Å². The van der Waals surface area contributed by atoms with E-state index in [2.05, 4.69) is 18.7 Å². The van der Waals surface area contributed by atoms with Crippen molar-refractivity contribution < 1.29 is 9.59 Å². The summed E-state index contributed by atoms with van der Waals surface area (Å²) in [5.41, 5.74) is 1.09. The minimum Gasteiger partial charge on any atom is -0.297 e. The Hall–Kier alpha value is -1.68. The highest BCUT2D eigenvalue weighted by Crippen LogP contribution is 2.28. The van der Waals surface area contributed by atoms with Gasteiger partial charge in [0.2, 0.25) is 0 Å². The van der Waals surface area contributed by atoms with E-state index in [0.717, 1.165) is 13.1 Å². The summed E-state index contributed by atoms with van der Waals surface area (Å²) in [7, 11) is 0. The van der Waals surface area contributed by atoms with Crippen molar-refractivity contribution in [3.8, 4) is 0 Å². The van der Waals surface area contributed by atoms with Gasteiger partial charge in [-0.05, 0) is 26.0 Å². The number of carbonyl (C=O) groups excluding carboxylic acids is 2. The van der Waals surface area contributed by atoms with Crippen LogP contribution in [0.5, 0.6) is 0 Å². The highest BCUT2D eigenvalue weighted by molar-refractivity contribution is 6.21. The Bertz CT molecular complexity index is 483. The Labute approximate surface area is 106 Å². The number of nitrogens with zero attached hydrogens (tertiary/aromatic N) is 2. The van der Waals surface area contributed by atoms with Crippen LogP contribution in [0.25, 0.3) is 0 Å². The average molecular weight is 244 g/mol. The number of likely N-dealkylation sites (tertiary alicyclic amines) is 1. The lowest BCUT2D eigenvalue weighted by Crippen LogP contribution is -2.62. The largest absolute Gasteiger partial charge is 0.297 e. The van der Waals surface area contributed by atoms with E-state index in [0.29, 0.717) is 17.2 Å². The molecule has 0 aromatic heterocycles. The summed E-state index contributed by atoms with van der Waals surface area (Å²) in [6.45, 7) is 5.84. The normalized spacial score (nSPS) is 20.5. The molecule has 0 saturated carbocycles. The van der Waals surface area contributed by atoms with Crippen LogP contribution in [-0.2, 0) is 0 Å². The maximum atomic E-state index is 12.2. The molecule has 2 amide bonds. The van der Waals surface area contributed by atoms with Crippen LogP contribution in [0.1, 0.15) is 34.6 Å². The van der Waals surface area contributed by atoms with Gasteiger partial charge in [-0.15, -0.1) is 0 Å². The van der Waals surface area contributed by atoms with Gasteiger partial charge in [-0.25, -0.2) is 0 Å². The fraction of sp³-hybridized carbons (Fsp3) is 0.429. The summed E-state index contributed by atoms with van der Waals surface area (Å²) >= 11 is 0. The molecular formula is C14H16N2O2. The lowest BCUT2D eigenvalue weighted by atomic mass is 10.1. The first-order valence-electron chi connectivity index (χ1n) is 6.30. The molecule has 0 bridgehead atoms. The lowest BCUT2D eigenvalue weighted by Gasteiger charge is -2.45. The summed E-state index contributed by atoms with van der Waals surface area (Å²) in [5.74, 6) is -0.270. The minimum absolute atomic E-state index is 0.0415. The van der Waals surface area contributed by atoms with Gasteiger partial charge in [-0.2, -0.15) is 0 Å². The third kappa shape index (κ3) is 1.49. The molecule has 3 rings (SSSR count). The molecule has 0 atom stereocenters. The van der Waals surface area contributed by atoms with Gasteiger partial charge < -0.3 is 0 Å². The van der Waals surface area contributed by atoms with E-state index in [1.54, 1.807) is 24.3 Å². The summed E-state index contributed by atoms with van der Waals surface area (Å²) in [6.07, 6.45) is 0. The van der Waals surface area contributed by atoms with Crippen LogP contribution >= 0.6 is 0 Å². The molecule has 4 nitrogen and oxygen atoms in total. The monoisotopic (exact) mass is 244 g/mol. The summed E-state index contributed by atoms with van der Waals surface area (Å²) < 4.78 is 0. The topological polar surface area (TPSA) is 40.6 Å². The molecule has 2 aliphatic rings. The molecule has 0 radical (unpaired) electrons. The van der Waals surface area contributed by atoms with Gasteiger partial charge in [0.1, 0.15) is 0 Å². The Kier molecular flexibility index (Phi) is 2.48. The van der Waals surface area contributed by atoms with Crippen LogP contribution in [0.3, 0.4) is 0 Å². The molecule has 0 N–H and O–H groups in total.